The fourth-order valence-corrected chi connectivity index (χ4v) is 8.38. The first-order valence-corrected chi connectivity index (χ1v) is 11.1. The van der Waals surface area contributed by atoms with E-state index in [2.05, 4.69) is 13.8 Å². The first-order chi connectivity index (χ1) is 11.9. The van der Waals surface area contributed by atoms with Gasteiger partial charge in [0.05, 0.1) is 5.60 Å². The van der Waals surface area contributed by atoms with Crippen LogP contribution < -0.4 is 0 Å². The molecule has 0 heterocycles. The van der Waals surface area contributed by atoms with Gasteiger partial charge in [-0.1, -0.05) is 13.3 Å². The topological polar surface area (TPSA) is 37.3 Å². The molecule has 0 spiro atoms. The van der Waals surface area contributed by atoms with E-state index in [9.17, 15) is 9.90 Å². The molecule has 0 aromatic heterocycles. The number of hydrogen-bond acceptors (Lipinski definition) is 2. The van der Waals surface area contributed by atoms with Gasteiger partial charge in [-0.15, -0.1) is 0 Å². The fourth-order valence-electron chi connectivity index (χ4n) is 8.38. The molecule has 4 aliphatic carbocycles. The van der Waals surface area contributed by atoms with Crippen LogP contribution in [0.5, 0.6) is 0 Å². The van der Waals surface area contributed by atoms with E-state index in [0.717, 1.165) is 48.9 Å². The second-order valence-corrected chi connectivity index (χ2v) is 10.4. The van der Waals surface area contributed by atoms with Gasteiger partial charge in [0.1, 0.15) is 5.78 Å². The van der Waals surface area contributed by atoms with Crippen molar-refractivity contribution < 1.29 is 9.90 Å². The van der Waals surface area contributed by atoms with Crippen LogP contribution >= 0.6 is 0 Å². The number of carbonyl (C=O) groups is 1. The minimum atomic E-state index is -0.416. The molecule has 0 saturated heterocycles. The maximum absolute atomic E-state index is 12.4. The normalized spacial score (nSPS) is 52.6. The molecule has 25 heavy (non-hydrogen) atoms. The van der Waals surface area contributed by atoms with Crippen molar-refractivity contribution in [3.05, 3.63) is 0 Å². The molecule has 8 atom stereocenters. The van der Waals surface area contributed by atoms with E-state index < -0.39 is 5.60 Å². The van der Waals surface area contributed by atoms with Gasteiger partial charge < -0.3 is 5.11 Å². The molecule has 0 aromatic carbocycles. The van der Waals surface area contributed by atoms with Crippen LogP contribution in [0.3, 0.4) is 0 Å². The Morgan fingerprint density at radius 1 is 1.00 bits per heavy atom. The Morgan fingerprint density at radius 2 is 1.76 bits per heavy atom. The maximum Gasteiger partial charge on any atom is 0.133 e. The Kier molecular flexibility index (Phi) is 4.58. The van der Waals surface area contributed by atoms with Gasteiger partial charge >= 0.3 is 0 Å². The summed E-state index contributed by atoms with van der Waals surface area (Å²) in [6, 6.07) is 0. The zero-order chi connectivity index (χ0) is 17.8. The molecule has 4 saturated carbocycles. The summed E-state index contributed by atoms with van der Waals surface area (Å²) in [6.45, 7) is 6.27. The molecular weight excluding hydrogens is 308 g/mol. The van der Waals surface area contributed by atoms with E-state index in [1.165, 1.54) is 51.4 Å². The minimum Gasteiger partial charge on any atom is -0.390 e. The largest absolute Gasteiger partial charge is 0.390 e. The number of fused-ring (bicyclic) bond motifs is 5. The van der Waals surface area contributed by atoms with E-state index in [0.29, 0.717) is 17.1 Å². The van der Waals surface area contributed by atoms with Crippen LogP contribution in [-0.2, 0) is 4.79 Å². The summed E-state index contributed by atoms with van der Waals surface area (Å²) < 4.78 is 0. The van der Waals surface area contributed by atoms with Gasteiger partial charge in [0, 0.05) is 5.92 Å². The highest BCUT2D eigenvalue weighted by Crippen LogP contribution is 2.64. The molecule has 0 unspecified atom stereocenters. The van der Waals surface area contributed by atoms with Crippen molar-refractivity contribution in [3.8, 4) is 0 Å². The maximum atomic E-state index is 12.4. The molecule has 4 rings (SSSR count). The van der Waals surface area contributed by atoms with Crippen LogP contribution in [-0.4, -0.2) is 16.5 Å². The van der Waals surface area contributed by atoms with Gasteiger partial charge in [-0.25, -0.2) is 0 Å². The SMILES string of the molecule is CC[C@]12CC[C@H]3[C@@H](CC[C@@H]4C[C@](C)(O)CC[C@@H]43)[C@@H]1CCC[C@@H]2C(C)=O. The molecule has 1 N–H and O–H groups in total. The third-order valence-corrected chi connectivity index (χ3v) is 9.34. The third kappa shape index (κ3) is 2.82. The average Bonchev–Trinajstić information content (AvgIpc) is 2.59. The fraction of sp³-hybridized carbons (Fsp3) is 0.957. The van der Waals surface area contributed by atoms with E-state index in [-0.39, 0.29) is 0 Å². The second-order valence-electron chi connectivity index (χ2n) is 10.4. The predicted octanol–water partition coefficient (Wildman–Crippen LogP) is 5.38. The Labute approximate surface area is 154 Å². The summed E-state index contributed by atoms with van der Waals surface area (Å²) in [5, 5.41) is 10.5. The Morgan fingerprint density at radius 3 is 2.48 bits per heavy atom. The van der Waals surface area contributed by atoms with E-state index in [1.54, 1.807) is 0 Å². The van der Waals surface area contributed by atoms with Crippen LogP contribution in [0.15, 0.2) is 0 Å². The minimum absolute atomic E-state index is 0.318. The highest BCUT2D eigenvalue weighted by atomic mass is 16.3. The molecule has 4 aliphatic rings. The Balaban J connectivity index is 1.59. The van der Waals surface area contributed by atoms with Crippen molar-refractivity contribution in [2.75, 3.05) is 0 Å². The van der Waals surface area contributed by atoms with Crippen molar-refractivity contribution in [1.29, 1.82) is 0 Å². The molecule has 142 valence electrons. The molecule has 0 aliphatic heterocycles. The van der Waals surface area contributed by atoms with E-state index in [1.807, 2.05) is 6.92 Å². The summed E-state index contributed by atoms with van der Waals surface area (Å²) in [5.41, 5.74) is -0.0986. The molecule has 2 nitrogen and oxygen atoms in total. The van der Waals surface area contributed by atoms with Gasteiger partial charge in [0.15, 0.2) is 0 Å². The summed E-state index contributed by atoms with van der Waals surface area (Å²) in [7, 11) is 0. The van der Waals surface area contributed by atoms with Gasteiger partial charge in [-0.2, -0.15) is 0 Å². The van der Waals surface area contributed by atoms with Crippen molar-refractivity contribution in [3.63, 3.8) is 0 Å². The molecule has 2 heteroatoms. The lowest BCUT2D eigenvalue weighted by Gasteiger charge is -2.61. The van der Waals surface area contributed by atoms with E-state index in [4.69, 9.17) is 0 Å². The van der Waals surface area contributed by atoms with Crippen molar-refractivity contribution in [1.82, 2.24) is 0 Å². The van der Waals surface area contributed by atoms with Crippen LogP contribution in [0.25, 0.3) is 0 Å². The smallest absolute Gasteiger partial charge is 0.133 e. The zero-order valence-corrected chi connectivity index (χ0v) is 16.6. The predicted molar refractivity (Wildman–Crippen MR) is 101 cm³/mol. The molecule has 0 amide bonds. The van der Waals surface area contributed by atoms with Gasteiger partial charge in [-0.05, 0) is 113 Å². The molecule has 0 bridgehead atoms. The Bertz CT molecular complexity index is 524. The van der Waals surface area contributed by atoms with Crippen molar-refractivity contribution >= 4 is 5.78 Å². The van der Waals surface area contributed by atoms with Gasteiger partial charge in [0.25, 0.3) is 0 Å². The molecular formula is C23H38O2. The number of carbonyl (C=O) groups excluding carboxylic acids is 1. The number of rotatable bonds is 2. The Hall–Kier alpha value is -0.370. The van der Waals surface area contributed by atoms with Gasteiger partial charge in [0.2, 0.25) is 0 Å². The van der Waals surface area contributed by atoms with E-state index >= 15 is 0 Å². The zero-order valence-electron chi connectivity index (χ0n) is 16.6. The van der Waals surface area contributed by atoms with Crippen LogP contribution in [0.2, 0.25) is 0 Å². The lowest BCUT2D eigenvalue weighted by molar-refractivity contribution is -0.151. The average molecular weight is 347 g/mol. The lowest BCUT2D eigenvalue weighted by Crippen LogP contribution is -2.55. The first kappa shape index (κ1) is 18.0. The second kappa shape index (κ2) is 6.36. The van der Waals surface area contributed by atoms with Crippen LogP contribution in [0, 0.1) is 40.9 Å². The number of ketones is 1. The summed E-state index contributed by atoms with van der Waals surface area (Å²) in [4.78, 5) is 12.4. The highest BCUT2D eigenvalue weighted by molar-refractivity contribution is 5.79. The number of Topliss-reactive ketones (excluding diaryl/α,β-unsaturated/α-hetero) is 1. The molecule has 4 fully saturated rings. The van der Waals surface area contributed by atoms with Gasteiger partial charge in [-0.3, -0.25) is 4.79 Å². The standard InChI is InChI=1S/C23H38O2/c1-4-23-13-11-18-17-10-12-22(3,25)14-16(17)8-9-19(18)21(23)7-5-6-20(23)15(2)24/h16-21,25H,4-14H2,1-3H3/t16-,17+,18-,19-,20-,21+,22-,23-/m1/s1. The number of hydrogen-bond donors (Lipinski definition) is 1. The van der Waals surface area contributed by atoms with Crippen LogP contribution in [0.1, 0.15) is 91.4 Å². The summed E-state index contributed by atoms with van der Waals surface area (Å²) in [6.07, 6.45) is 13.6. The lowest BCUT2D eigenvalue weighted by atomic mass is 9.43. The summed E-state index contributed by atoms with van der Waals surface area (Å²) >= 11 is 0. The van der Waals surface area contributed by atoms with Crippen molar-refractivity contribution in [2.45, 2.75) is 97.0 Å². The molecule has 0 aromatic rings. The first-order valence-electron chi connectivity index (χ1n) is 11.1. The quantitative estimate of drug-likeness (QED) is 0.729. The third-order valence-electron chi connectivity index (χ3n) is 9.34. The number of aliphatic hydroxyl groups is 1. The summed E-state index contributed by atoms with van der Waals surface area (Å²) in [5.74, 6) is 4.94. The van der Waals surface area contributed by atoms with Crippen molar-refractivity contribution in [2.24, 2.45) is 40.9 Å². The molecule has 0 radical (unpaired) electrons. The monoisotopic (exact) mass is 346 g/mol. The highest BCUT2D eigenvalue weighted by Gasteiger charge is 2.57. The van der Waals surface area contributed by atoms with Crippen LogP contribution in [0.4, 0.5) is 0 Å².